The summed E-state index contributed by atoms with van der Waals surface area (Å²) in [5.74, 6) is 0.532. The summed E-state index contributed by atoms with van der Waals surface area (Å²) >= 11 is 0. The van der Waals surface area contributed by atoms with E-state index in [1.165, 1.54) is 0 Å². The fraction of sp³-hybridized carbons (Fsp3) is 0.429. The second-order valence-electron chi connectivity index (χ2n) is 4.98. The van der Waals surface area contributed by atoms with Gasteiger partial charge in [-0.3, -0.25) is 15.1 Å². The first-order valence-electron chi connectivity index (χ1n) is 6.44. The Hall–Kier alpha value is -1.68. The van der Waals surface area contributed by atoms with Crippen LogP contribution in [0.25, 0.3) is 0 Å². The first-order chi connectivity index (χ1) is 8.77. The molecule has 2 fully saturated rings. The van der Waals surface area contributed by atoms with Crippen LogP contribution in [0.5, 0.6) is 0 Å². The molecule has 4 nitrogen and oxygen atoms in total. The molecule has 18 heavy (non-hydrogen) atoms. The molecule has 0 bridgehead atoms. The molecule has 1 amide bonds. The molecule has 2 unspecified atom stereocenters. The molecule has 3 rings (SSSR count). The summed E-state index contributed by atoms with van der Waals surface area (Å²) in [6.45, 7) is 1.43. The van der Waals surface area contributed by atoms with E-state index >= 15 is 0 Å². The molecule has 2 aliphatic heterocycles. The van der Waals surface area contributed by atoms with Crippen LogP contribution in [0.2, 0.25) is 0 Å². The third-order valence-electron chi connectivity index (χ3n) is 3.81. The lowest BCUT2D eigenvalue weighted by molar-refractivity contribution is -0.130. The number of benzene rings is 1. The molecule has 94 valence electrons. The largest absolute Gasteiger partial charge is 0.307 e. The van der Waals surface area contributed by atoms with E-state index in [0.29, 0.717) is 12.4 Å². The van der Waals surface area contributed by atoms with Gasteiger partial charge in [-0.2, -0.15) is 0 Å². The van der Waals surface area contributed by atoms with Crippen LogP contribution in [0.15, 0.2) is 30.3 Å². The van der Waals surface area contributed by atoms with Gasteiger partial charge in [0.05, 0.1) is 18.5 Å². The van der Waals surface area contributed by atoms with Crippen LogP contribution in [0.4, 0.5) is 0 Å². The molecule has 1 aromatic rings. The Morgan fingerprint density at radius 1 is 1.33 bits per heavy atom. The van der Waals surface area contributed by atoms with E-state index in [1.54, 1.807) is 4.90 Å². The van der Waals surface area contributed by atoms with Crippen LogP contribution < -0.4 is 5.32 Å². The number of amides is 1. The van der Waals surface area contributed by atoms with Gasteiger partial charge >= 0.3 is 0 Å². The number of nitrogens with zero attached hydrogens (tertiary/aromatic N) is 1. The maximum atomic E-state index is 12.3. The minimum absolute atomic E-state index is 0.0186. The minimum Gasteiger partial charge on any atom is -0.307 e. The number of rotatable bonds is 2. The van der Waals surface area contributed by atoms with Crippen molar-refractivity contribution < 1.29 is 4.79 Å². The van der Waals surface area contributed by atoms with Gasteiger partial charge < -0.3 is 5.32 Å². The van der Waals surface area contributed by atoms with E-state index in [2.05, 4.69) is 5.32 Å². The van der Waals surface area contributed by atoms with E-state index in [9.17, 15) is 4.79 Å². The van der Waals surface area contributed by atoms with Gasteiger partial charge in [0.2, 0.25) is 5.91 Å². The van der Waals surface area contributed by atoms with Crippen molar-refractivity contribution in [3.8, 4) is 0 Å². The smallest absolute Gasteiger partial charge is 0.233 e. The first-order valence-corrected chi connectivity index (χ1v) is 6.44. The van der Waals surface area contributed by atoms with Crippen LogP contribution in [0, 0.1) is 11.3 Å². The molecule has 1 aromatic carbocycles. The minimum atomic E-state index is -0.0602. The van der Waals surface area contributed by atoms with E-state index in [-0.39, 0.29) is 17.9 Å². The summed E-state index contributed by atoms with van der Waals surface area (Å²) in [6.07, 6.45) is 1.93. The normalized spacial score (nSPS) is 27.4. The Morgan fingerprint density at radius 2 is 2.11 bits per heavy atom. The van der Waals surface area contributed by atoms with E-state index in [1.807, 2.05) is 30.3 Å². The molecule has 0 spiro atoms. The molecule has 2 saturated heterocycles. The van der Waals surface area contributed by atoms with E-state index in [4.69, 9.17) is 5.41 Å². The number of nitrogens with one attached hydrogen (secondary N) is 2. The number of piperidine rings is 1. The van der Waals surface area contributed by atoms with Crippen molar-refractivity contribution in [3.63, 3.8) is 0 Å². The molecule has 2 N–H and O–H groups in total. The predicted octanol–water partition coefficient (Wildman–Crippen LogP) is 1.37. The number of carbonyl (C=O) groups is 1. The molecule has 2 atom stereocenters. The van der Waals surface area contributed by atoms with Crippen molar-refractivity contribution in [3.05, 3.63) is 35.9 Å². The lowest BCUT2D eigenvalue weighted by Gasteiger charge is -2.23. The fourth-order valence-corrected chi connectivity index (χ4v) is 2.86. The number of carbonyl (C=O) groups excluding carboxylic acids is 1. The van der Waals surface area contributed by atoms with Crippen LogP contribution in [0.1, 0.15) is 18.4 Å². The highest BCUT2D eigenvalue weighted by Crippen LogP contribution is 2.28. The second kappa shape index (κ2) is 4.53. The monoisotopic (exact) mass is 243 g/mol. The Morgan fingerprint density at radius 3 is 2.83 bits per heavy atom. The number of hydrogen-bond donors (Lipinski definition) is 2. The zero-order valence-electron chi connectivity index (χ0n) is 10.2. The predicted molar refractivity (Wildman–Crippen MR) is 69.2 cm³/mol. The van der Waals surface area contributed by atoms with E-state index < -0.39 is 0 Å². The van der Waals surface area contributed by atoms with Crippen molar-refractivity contribution in [1.29, 1.82) is 5.41 Å². The van der Waals surface area contributed by atoms with Crippen LogP contribution in [0.3, 0.4) is 0 Å². The third kappa shape index (κ3) is 1.82. The average Bonchev–Trinajstić information content (AvgIpc) is 2.66. The maximum Gasteiger partial charge on any atom is 0.233 e. The Labute approximate surface area is 106 Å². The third-order valence-corrected chi connectivity index (χ3v) is 3.81. The van der Waals surface area contributed by atoms with Crippen LogP contribution in [-0.2, 0) is 11.3 Å². The van der Waals surface area contributed by atoms with Gasteiger partial charge in [0, 0.05) is 0 Å². The number of hydrogen-bond acceptors (Lipinski definition) is 3. The molecule has 2 heterocycles. The van der Waals surface area contributed by atoms with Gasteiger partial charge in [-0.25, -0.2) is 0 Å². The zero-order valence-corrected chi connectivity index (χ0v) is 10.2. The maximum absolute atomic E-state index is 12.3. The molecule has 2 aliphatic rings. The number of amidine groups is 1. The zero-order chi connectivity index (χ0) is 12.5. The average molecular weight is 243 g/mol. The lowest BCUT2D eigenvalue weighted by atomic mass is 9.93. The van der Waals surface area contributed by atoms with Crippen LogP contribution in [-0.4, -0.2) is 29.2 Å². The van der Waals surface area contributed by atoms with Gasteiger partial charge in [-0.15, -0.1) is 0 Å². The lowest BCUT2D eigenvalue weighted by Crippen LogP contribution is -2.43. The van der Waals surface area contributed by atoms with Crippen molar-refractivity contribution in [2.75, 3.05) is 6.54 Å². The summed E-state index contributed by atoms with van der Waals surface area (Å²) in [7, 11) is 0. The number of fused-ring (bicyclic) bond motifs is 1. The molecule has 0 saturated carbocycles. The molecule has 4 heteroatoms. The quantitative estimate of drug-likeness (QED) is 0.824. The molecule has 0 aliphatic carbocycles. The summed E-state index contributed by atoms with van der Waals surface area (Å²) in [5.41, 5.74) is 1.08. The summed E-state index contributed by atoms with van der Waals surface area (Å²) < 4.78 is 0. The summed E-state index contributed by atoms with van der Waals surface area (Å²) in [5, 5.41) is 11.4. The van der Waals surface area contributed by atoms with Crippen LogP contribution >= 0.6 is 0 Å². The van der Waals surface area contributed by atoms with E-state index in [0.717, 1.165) is 24.9 Å². The SMILES string of the molecule is N=C1C2NCCCC2C(=O)N1Cc1ccccc1. The highest BCUT2D eigenvalue weighted by molar-refractivity contribution is 6.08. The highest BCUT2D eigenvalue weighted by atomic mass is 16.2. The van der Waals surface area contributed by atoms with Gasteiger partial charge in [-0.1, -0.05) is 30.3 Å². The fourth-order valence-electron chi connectivity index (χ4n) is 2.86. The van der Waals surface area contributed by atoms with Gasteiger partial charge in [0.25, 0.3) is 0 Å². The topological polar surface area (TPSA) is 56.2 Å². The van der Waals surface area contributed by atoms with Crippen molar-refractivity contribution in [2.45, 2.75) is 25.4 Å². The van der Waals surface area contributed by atoms with Gasteiger partial charge in [0.1, 0.15) is 5.84 Å². The number of likely N-dealkylation sites (tertiary alicyclic amines) is 1. The summed E-state index contributed by atoms with van der Waals surface area (Å²) in [6, 6.07) is 9.82. The van der Waals surface area contributed by atoms with Crippen molar-refractivity contribution >= 4 is 11.7 Å². The second-order valence-corrected chi connectivity index (χ2v) is 4.98. The Balaban J connectivity index is 1.80. The summed E-state index contributed by atoms with van der Waals surface area (Å²) in [4.78, 5) is 13.9. The van der Waals surface area contributed by atoms with Gasteiger partial charge in [-0.05, 0) is 24.9 Å². The van der Waals surface area contributed by atoms with Gasteiger partial charge in [0.15, 0.2) is 0 Å². The molecular formula is C14H17N3O. The molecular weight excluding hydrogens is 226 g/mol. The van der Waals surface area contributed by atoms with Crippen molar-refractivity contribution in [1.82, 2.24) is 10.2 Å². The molecule has 0 radical (unpaired) electrons. The highest BCUT2D eigenvalue weighted by Gasteiger charge is 2.45. The molecule has 0 aromatic heterocycles. The Bertz CT molecular complexity index is 447. The van der Waals surface area contributed by atoms with Crippen molar-refractivity contribution in [2.24, 2.45) is 5.92 Å². The Kier molecular flexibility index (Phi) is 2.88. The standard InChI is InChI=1S/C14H17N3O/c15-13-12-11(7-4-8-16-12)14(18)17(13)9-10-5-2-1-3-6-10/h1-3,5-6,11-12,15-16H,4,7-9H2. The first kappa shape index (κ1) is 11.4.